The molecule has 0 saturated carbocycles. The van der Waals surface area contributed by atoms with E-state index in [0.29, 0.717) is 18.0 Å². The number of ether oxygens (including phenoxy) is 2. The molecule has 1 amide bonds. The summed E-state index contributed by atoms with van der Waals surface area (Å²) >= 11 is 0. The van der Waals surface area contributed by atoms with Crippen molar-refractivity contribution in [2.45, 2.75) is 38.8 Å². The number of methoxy groups -OCH3 is 2. The average Bonchev–Trinajstić information content (AvgIpc) is 2.98. The number of piperidine rings is 1. The molecule has 0 aliphatic carbocycles. The molecule has 2 atom stereocenters. The minimum absolute atomic E-state index is 0. The van der Waals surface area contributed by atoms with Crippen LogP contribution in [0.3, 0.4) is 0 Å². The molecular formula is C19H30ClN3O3. The number of likely N-dealkylation sites (tertiary alicyclic amines) is 1. The fourth-order valence-electron chi connectivity index (χ4n) is 3.89. The maximum absolute atomic E-state index is 13.1. The predicted molar refractivity (Wildman–Crippen MR) is 105 cm³/mol. The second kappa shape index (κ2) is 8.03. The topological polar surface area (TPSA) is 68.0 Å². The number of nitrogens with zero attached hydrogens (tertiary/aromatic N) is 2. The van der Waals surface area contributed by atoms with Crippen LogP contribution in [0, 0.1) is 5.41 Å². The molecule has 2 N–H and O–H groups in total. The van der Waals surface area contributed by atoms with E-state index >= 15 is 0 Å². The maximum atomic E-state index is 13.1. The second-order valence-electron chi connectivity index (χ2n) is 7.72. The minimum Gasteiger partial charge on any atom is -0.497 e. The van der Waals surface area contributed by atoms with E-state index in [0.717, 1.165) is 31.6 Å². The van der Waals surface area contributed by atoms with Gasteiger partial charge < -0.3 is 20.1 Å². The lowest BCUT2D eigenvalue weighted by Gasteiger charge is -2.44. The summed E-state index contributed by atoms with van der Waals surface area (Å²) in [5.74, 6) is 1.54. The molecule has 2 aliphatic heterocycles. The molecule has 1 aromatic rings. The van der Waals surface area contributed by atoms with Crippen LogP contribution in [-0.4, -0.2) is 56.7 Å². The van der Waals surface area contributed by atoms with Gasteiger partial charge in [0.05, 0.1) is 25.9 Å². The minimum atomic E-state index is -0.0658. The summed E-state index contributed by atoms with van der Waals surface area (Å²) in [6, 6.07) is 5.72. The molecule has 0 spiro atoms. The van der Waals surface area contributed by atoms with Crippen LogP contribution < -0.4 is 20.1 Å². The molecular weight excluding hydrogens is 354 g/mol. The fraction of sp³-hybridized carbons (Fsp3) is 0.632. The Kier molecular flexibility index (Phi) is 6.42. The van der Waals surface area contributed by atoms with Crippen LogP contribution in [0.4, 0.5) is 5.69 Å². The van der Waals surface area contributed by atoms with Gasteiger partial charge in [-0.25, -0.2) is 0 Å². The zero-order chi connectivity index (χ0) is 18.2. The second-order valence-corrected chi connectivity index (χ2v) is 7.72. The summed E-state index contributed by atoms with van der Waals surface area (Å²) in [4.78, 5) is 17.2. The van der Waals surface area contributed by atoms with Crippen molar-refractivity contribution in [1.29, 1.82) is 0 Å². The summed E-state index contributed by atoms with van der Waals surface area (Å²) in [6.45, 7) is 6.83. The Bertz CT molecular complexity index is 631. The molecule has 2 aliphatic rings. The lowest BCUT2D eigenvalue weighted by atomic mass is 9.79. The van der Waals surface area contributed by atoms with Gasteiger partial charge in [-0.15, -0.1) is 12.4 Å². The van der Waals surface area contributed by atoms with E-state index in [1.165, 1.54) is 0 Å². The number of benzene rings is 1. The Morgan fingerprint density at radius 2 is 1.69 bits per heavy atom. The third-order valence-electron chi connectivity index (χ3n) is 5.61. The predicted octanol–water partition coefficient (Wildman–Crippen LogP) is 2.29. The smallest absolute Gasteiger partial charge is 0.244 e. The van der Waals surface area contributed by atoms with Gasteiger partial charge in [0.1, 0.15) is 11.5 Å². The largest absolute Gasteiger partial charge is 0.497 e. The van der Waals surface area contributed by atoms with Crippen molar-refractivity contribution in [1.82, 2.24) is 4.90 Å². The fourth-order valence-corrected chi connectivity index (χ4v) is 3.89. The highest BCUT2D eigenvalue weighted by Gasteiger charge is 2.42. The first-order chi connectivity index (χ1) is 11.9. The van der Waals surface area contributed by atoms with Gasteiger partial charge in [-0.2, -0.15) is 0 Å². The normalized spacial score (nSPS) is 25.7. The summed E-state index contributed by atoms with van der Waals surface area (Å²) in [5.41, 5.74) is 7.10. The Morgan fingerprint density at radius 1 is 1.08 bits per heavy atom. The molecule has 7 heteroatoms. The van der Waals surface area contributed by atoms with Gasteiger partial charge in [0.2, 0.25) is 5.91 Å². The highest BCUT2D eigenvalue weighted by atomic mass is 35.5. The van der Waals surface area contributed by atoms with Gasteiger partial charge in [0.15, 0.2) is 0 Å². The molecule has 0 radical (unpaired) electrons. The Hall–Kier alpha value is -1.50. The number of hydrogen-bond acceptors (Lipinski definition) is 5. The monoisotopic (exact) mass is 383 g/mol. The zero-order valence-electron chi connectivity index (χ0n) is 16.0. The third-order valence-corrected chi connectivity index (χ3v) is 5.61. The molecule has 0 aromatic heterocycles. The first kappa shape index (κ1) is 20.8. The van der Waals surface area contributed by atoms with Crippen molar-refractivity contribution in [3.8, 4) is 11.5 Å². The van der Waals surface area contributed by atoms with Gasteiger partial charge in [-0.1, -0.05) is 13.8 Å². The van der Waals surface area contributed by atoms with E-state index < -0.39 is 0 Å². The van der Waals surface area contributed by atoms with Crippen molar-refractivity contribution in [3.63, 3.8) is 0 Å². The van der Waals surface area contributed by atoms with Crippen LogP contribution in [0.1, 0.15) is 26.7 Å². The van der Waals surface area contributed by atoms with Gasteiger partial charge in [-0.3, -0.25) is 9.69 Å². The summed E-state index contributed by atoms with van der Waals surface area (Å²) in [6.07, 6.45) is 1.77. The third kappa shape index (κ3) is 3.92. The Labute approximate surface area is 162 Å². The van der Waals surface area contributed by atoms with E-state index in [1.807, 2.05) is 23.1 Å². The average molecular weight is 384 g/mol. The SMILES string of the molecule is COc1cc(OC)cc(N2CCC(N3CCC(N)C(C)(C)C3)C2=O)c1.Cl. The molecule has 2 fully saturated rings. The lowest BCUT2D eigenvalue weighted by Crippen LogP contribution is -2.56. The standard InChI is InChI=1S/C19H29N3O3.ClH/c1-19(2)12-21(7-6-17(19)20)16-5-8-22(18(16)23)13-9-14(24-3)11-15(10-13)25-4;/h9-11,16-17H,5-8,12,20H2,1-4H3;1H. The molecule has 1 aromatic carbocycles. The van der Waals surface area contributed by atoms with Crippen LogP contribution in [0.2, 0.25) is 0 Å². The summed E-state index contributed by atoms with van der Waals surface area (Å²) in [5, 5.41) is 0. The number of carbonyl (C=O) groups is 1. The van der Waals surface area contributed by atoms with Crippen molar-refractivity contribution in [3.05, 3.63) is 18.2 Å². The van der Waals surface area contributed by atoms with E-state index in [-0.39, 0.29) is 35.8 Å². The van der Waals surface area contributed by atoms with Crippen molar-refractivity contribution >= 4 is 24.0 Å². The highest BCUT2D eigenvalue weighted by Crippen LogP contribution is 2.34. The van der Waals surface area contributed by atoms with Gasteiger partial charge in [0.25, 0.3) is 0 Å². The zero-order valence-corrected chi connectivity index (χ0v) is 16.8. The number of hydrogen-bond donors (Lipinski definition) is 1. The number of amides is 1. The van der Waals surface area contributed by atoms with E-state index in [2.05, 4.69) is 18.7 Å². The van der Waals surface area contributed by atoms with Crippen LogP contribution in [0.25, 0.3) is 0 Å². The quantitative estimate of drug-likeness (QED) is 0.863. The first-order valence-corrected chi connectivity index (χ1v) is 8.90. The van der Waals surface area contributed by atoms with Crippen molar-refractivity contribution in [2.75, 3.05) is 38.8 Å². The number of rotatable bonds is 4. The molecule has 2 heterocycles. The summed E-state index contributed by atoms with van der Waals surface area (Å²) < 4.78 is 10.7. The lowest BCUT2D eigenvalue weighted by molar-refractivity contribution is -0.122. The van der Waals surface area contributed by atoms with E-state index in [4.69, 9.17) is 15.2 Å². The molecule has 0 bridgehead atoms. The number of nitrogens with two attached hydrogens (primary N) is 1. The van der Waals surface area contributed by atoms with Gasteiger partial charge >= 0.3 is 0 Å². The molecule has 3 rings (SSSR count). The van der Waals surface area contributed by atoms with Crippen LogP contribution in [-0.2, 0) is 4.79 Å². The molecule has 146 valence electrons. The Morgan fingerprint density at radius 3 is 2.23 bits per heavy atom. The first-order valence-electron chi connectivity index (χ1n) is 8.90. The van der Waals surface area contributed by atoms with Crippen molar-refractivity contribution in [2.24, 2.45) is 11.1 Å². The number of anilines is 1. The van der Waals surface area contributed by atoms with Crippen molar-refractivity contribution < 1.29 is 14.3 Å². The number of halogens is 1. The Balaban J connectivity index is 0.00000243. The molecule has 26 heavy (non-hydrogen) atoms. The highest BCUT2D eigenvalue weighted by molar-refractivity contribution is 5.99. The summed E-state index contributed by atoms with van der Waals surface area (Å²) in [7, 11) is 3.23. The van der Waals surface area contributed by atoms with E-state index in [1.54, 1.807) is 14.2 Å². The van der Waals surface area contributed by atoms with Crippen LogP contribution >= 0.6 is 12.4 Å². The molecule has 2 saturated heterocycles. The van der Waals surface area contributed by atoms with Gasteiger partial charge in [-0.05, 0) is 18.3 Å². The molecule has 2 unspecified atom stereocenters. The maximum Gasteiger partial charge on any atom is 0.244 e. The van der Waals surface area contributed by atoms with Gasteiger partial charge in [0, 0.05) is 43.9 Å². The van der Waals surface area contributed by atoms with E-state index in [9.17, 15) is 4.79 Å². The van der Waals surface area contributed by atoms with Crippen LogP contribution in [0.15, 0.2) is 18.2 Å². The van der Waals surface area contributed by atoms with Crippen LogP contribution in [0.5, 0.6) is 11.5 Å². The number of carbonyl (C=O) groups excluding carboxylic acids is 1. The molecule has 6 nitrogen and oxygen atoms in total.